The molecule has 1 aromatic carbocycles. The fourth-order valence-electron chi connectivity index (χ4n) is 3.07. The highest BCUT2D eigenvalue weighted by Crippen LogP contribution is 2.31. The molecule has 0 radical (unpaired) electrons. The van der Waals surface area contributed by atoms with Crippen molar-refractivity contribution in [1.29, 1.82) is 0 Å². The van der Waals surface area contributed by atoms with Crippen LogP contribution in [0.4, 0.5) is 0 Å². The van der Waals surface area contributed by atoms with Crippen LogP contribution in [0.25, 0.3) is 0 Å². The number of rotatable bonds is 4. The molecule has 1 amide bonds. The molecule has 2 aromatic rings. The largest absolute Gasteiger partial charge is 0.496 e. The Labute approximate surface area is 130 Å². The van der Waals surface area contributed by atoms with Gasteiger partial charge in [-0.25, -0.2) is 4.98 Å². The standard InChI is InChI=1S/C17H21N3O2/c1-12-11-18-17(19-12)14-7-5-9-20(14)16(21)10-13-6-3-4-8-15(13)22-2/h3-4,6,8,11,14H,5,7,9-10H2,1-2H3,(H,18,19)/t14-/m0/s1. The third kappa shape index (κ3) is 2.84. The smallest absolute Gasteiger partial charge is 0.227 e. The molecule has 0 saturated carbocycles. The second kappa shape index (κ2) is 6.22. The topological polar surface area (TPSA) is 58.2 Å². The lowest BCUT2D eigenvalue weighted by atomic mass is 10.1. The predicted octanol–water partition coefficient (Wildman–Crippen LogP) is 2.63. The fourth-order valence-corrected chi connectivity index (χ4v) is 3.07. The molecule has 5 nitrogen and oxygen atoms in total. The third-order valence-electron chi connectivity index (χ3n) is 4.15. The molecule has 0 spiro atoms. The van der Waals surface area contributed by atoms with Crippen molar-refractivity contribution < 1.29 is 9.53 Å². The van der Waals surface area contributed by atoms with Gasteiger partial charge in [-0.2, -0.15) is 0 Å². The van der Waals surface area contributed by atoms with Crippen LogP contribution in [0.2, 0.25) is 0 Å². The molecular formula is C17H21N3O2. The van der Waals surface area contributed by atoms with Crippen molar-refractivity contribution in [1.82, 2.24) is 14.9 Å². The summed E-state index contributed by atoms with van der Waals surface area (Å²) in [6.07, 6.45) is 4.16. The molecule has 116 valence electrons. The Morgan fingerprint density at radius 2 is 2.27 bits per heavy atom. The number of hydrogen-bond acceptors (Lipinski definition) is 3. The van der Waals surface area contributed by atoms with E-state index in [4.69, 9.17) is 4.74 Å². The maximum absolute atomic E-state index is 12.7. The summed E-state index contributed by atoms with van der Waals surface area (Å²) < 4.78 is 5.33. The summed E-state index contributed by atoms with van der Waals surface area (Å²) in [6.45, 7) is 2.77. The van der Waals surface area contributed by atoms with Crippen LogP contribution in [0, 0.1) is 6.92 Å². The number of aromatic nitrogens is 2. The number of para-hydroxylation sites is 1. The lowest BCUT2D eigenvalue weighted by Gasteiger charge is -2.23. The number of hydrogen-bond donors (Lipinski definition) is 1. The zero-order valence-corrected chi connectivity index (χ0v) is 13.0. The molecule has 1 aromatic heterocycles. The van der Waals surface area contributed by atoms with Crippen molar-refractivity contribution in [2.24, 2.45) is 0 Å². The van der Waals surface area contributed by atoms with Gasteiger partial charge in [-0.1, -0.05) is 18.2 Å². The summed E-state index contributed by atoms with van der Waals surface area (Å²) in [7, 11) is 1.63. The summed E-state index contributed by atoms with van der Waals surface area (Å²) in [6, 6.07) is 7.74. The van der Waals surface area contributed by atoms with Gasteiger partial charge in [0.1, 0.15) is 11.6 Å². The van der Waals surface area contributed by atoms with Gasteiger partial charge in [-0.15, -0.1) is 0 Å². The Morgan fingerprint density at radius 1 is 1.45 bits per heavy atom. The Bertz CT molecular complexity index is 665. The quantitative estimate of drug-likeness (QED) is 0.944. The maximum Gasteiger partial charge on any atom is 0.227 e. The van der Waals surface area contributed by atoms with Gasteiger partial charge in [-0.3, -0.25) is 4.79 Å². The summed E-state index contributed by atoms with van der Waals surface area (Å²) in [5.41, 5.74) is 1.95. The van der Waals surface area contributed by atoms with Gasteiger partial charge in [0, 0.05) is 24.0 Å². The Balaban J connectivity index is 1.76. The first-order chi connectivity index (χ1) is 10.7. The molecule has 1 saturated heterocycles. The van der Waals surface area contributed by atoms with E-state index in [9.17, 15) is 4.79 Å². The third-order valence-corrected chi connectivity index (χ3v) is 4.15. The van der Waals surface area contributed by atoms with E-state index in [1.807, 2.05) is 42.3 Å². The first kappa shape index (κ1) is 14.6. The average Bonchev–Trinajstić information content (AvgIpc) is 3.16. The SMILES string of the molecule is COc1ccccc1CC(=O)N1CCC[C@H]1c1ncc(C)[nH]1. The number of ether oxygens (including phenoxy) is 1. The molecule has 22 heavy (non-hydrogen) atoms. The van der Waals surface area contributed by atoms with Gasteiger partial charge in [0.05, 0.1) is 19.6 Å². The Hall–Kier alpha value is -2.30. The number of carbonyl (C=O) groups is 1. The van der Waals surface area contributed by atoms with E-state index in [0.29, 0.717) is 6.42 Å². The molecule has 1 atom stereocenters. The summed E-state index contributed by atoms with van der Waals surface area (Å²) in [4.78, 5) is 22.3. The average molecular weight is 299 g/mol. The lowest BCUT2D eigenvalue weighted by Crippen LogP contribution is -2.32. The van der Waals surface area contributed by atoms with Gasteiger partial charge >= 0.3 is 0 Å². The number of aryl methyl sites for hydroxylation is 1. The number of methoxy groups -OCH3 is 1. The molecule has 1 aliphatic rings. The minimum atomic E-state index is 0.0657. The molecular weight excluding hydrogens is 278 g/mol. The molecule has 1 fully saturated rings. The highest BCUT2D eigenvalue weighted by Gasteiger charge is 2.31. The van der Waals surface area contributed by atoms with E-state index in [1.165, 1.54) is 0 Å². The van der Waals surface area contributed by atoms with Crippen LogP contribution in [0.1, 0.15) is 36.0 Å². The van der Waals surface area contributed by atoms with Crippen molar-refractivity contribution in [3.63, 3.8) is 0 Å². The Kier molecular flexibility index (Phi) is 4.13. The number of nitrogens with zero attached hydrogens (tertiary/aromatic N) is 2. The van der Waals surface area contributed by atoms with E-state index >= 15 is 0 Å². The number of aromatic amines is 1. The van der Waals surface area contributed by atoms with E-state index in [1.54, 1.807) is 7.11 Å². The van der Waals surface area contributed by atoms with Crippen LogP contribution in [0.5, 0.6) is 5.75 Å². The van der Waals surface area contributed by atoms with Crippen molar-refractivity contribution >= 4 is 5.91 Å². The van der Waals surface area contributed by atoms with E-state index in [0.717, 1.165) is 42.2 Å². The van der Waals surface area contributed by atoms with Gasteiger partial charge in [-0.05, 0) is 25.8 Å². The zero-order chi connectivity index (χ0) is 15.5. The first-order valence-electron chi connectivity index (χ1n) is 7.62. The van der Waals surface area contributed by atoms with Crippen LogP contribution < -0.4 is 4.74 Å². The molecule has 2 heterocycles. The van der Waals surface area contributed by atoms with Crippen molar-refractivity contribution in [2.75, 3.05) is 13.7 Å². The van der Waals surface area contributed by atoms with Crippen LogP contribution in [-0.4, -0.2) is 34.4 Å². The van der Waals surface area contributed by atoms with Crippen molar-refractivity contribution in [3.8, 4) is 5.75 Å². The molecule has 0 aliphatic carbocycles. The molecule has 0 unspecified atom stereocenters. The van der Waals surface area contributed by atoms with E-state index in [2.05, 4.69) is 9.97 Å². The number of amides is 1. The molecule has 1 aliphatic heterocycles. The van der Waals surface area contributed by atoms with Crippen LogP contribution in [0.15, 0.2) is 30.5 Å². The van der Waals surface area contributed by atoms with Crippen molar-refractivity contribution in [2.45, 2.75) is 32.2 Å². The predicted molar refractivity (Wildman–Crippen MR) is 83.7 cm³/mol. The molecule has 5 heteroatoms. The molecule has 1 N–H and O–H groups in total. The number of imidazole rings is 1. The summed E-state index contributed by atoms with van der Waals surface area (Å²) in [5.74, 6) is 1.78. The highest BCUT2D eigenvalue weighted by atomic mass is 16.5. The van der Waals surface area contributed by atoms with Gasteiger partial charge in [0.2, 0.25) is 5.91 Å². The van der Waals surface area contributed by atoms with E-state index in [-0.39, 0.29) is 11.9 Å². The number of nitrogens with one attached hydrogen (secondary N) is 1. The monoisotopic (exact) mass is 299 g/mol. The van der Waals surface area contributed by atoms with E-state index < -0.39 is 0 Å². The second-order valence-electron chi connectivity index (χ2n) is 5.69. The first-order valence-corrected chi connectivity index (χ1v) is 7.62. The van der Waals surface area contributed by atoms with Gasteiger partial charge in [0.15, 0.2) is 0 Å². The second-order valence-corrected chi connectivity index (χ2v) is 5.69. The fraction of sp³-hybridized carbons (Fsp3) is 0.412. The molecule has 3 rings (SSSR count). The number of H-pyrrole nitrogens is 1. The summed E-state index contributed by atoms with van der Waals surface area (Å²) in [5, 5.41) is 0. The Morgan fingerprint density at radius 3 is 3.00 bits per heavy atom. The molecule has 0 bridgehead atoms. The minimum Gasteiger partial charge on any atom is -0.496 e. The summed E-state index contributed by atoms with van der Waals surface area (Å²) >= 11 is 0. The van der Waals surface area contributed by atoms with Gasteiger partial charge < -0.3 is 14.6 Å². The number of carbonyl (C=O) groups excluding carboxylic acids is 1. The van der Waals surface area contributed by atoms with Crippen LogP contribution in [0.3, 0.4) is 0 Å². The lowest BCUT2D eigenvalue weighted by molar-refractivity contribution is -0.131. The number of benzene rings is 1. The normalized spacial score (nSPS) is 17.7. The number of likely N-dealkylation sites (tertiary alicyclic amines) is 1. The zero-order valence-electron chi connectivity index (χ0n) is 13.0. The minimum absolute atomic E-state index is 0.0657. The van der Waals surface area contributed by atoms with Gasteiger partial charge in [0.25, 0.3) is 0 Å². The van der Waals surface area contributed by atoms with Crippen molar-refractivity contribution in [3.05, 3.63) is 47.5 Å². The van der Waals surface area contributed by atoms with Crippen LogP contribution in [-0.2, 0) is 11.2 Å². The van der Waals surface area contributed by atoms with Crippen LogP contribution >= 0.6 is 0 Å². The highest BCUT2D eigenvalue weighted by molar-refractivity contribution is 5.80. The maximum atomic E-state index is 12.7.